The van der Waals surface area contributed by atoms with Crippen LogP contribution < -0.4 is 0 Å². The van der Waals surface area contributed by atoms with E-state index in [2.05, 4.69) is 64.5 Å². The first-order valence-electron chi connectivity index (χ1n) is 7.09. The molecule has 4 aromatic rings. The summed E-state index contributed by atoms with van der Waals surface area (Å²) in [5, 5.41) is 2.45. The zero-order valence-electron chi connectivity index (χ0n) is 12.0. The average Bonchev–Trinajstić information content (AvgIpc) is 3.22. The summed E-state index contributed by atoms with van der Waals surface area (Å²) in [6.45, 7) is 0. The summed E-state index contributed by atoms with van der Waals surface area (Å²) in [6, 6.07) is 20.9. The Kier molecular flexibility index (Phi) is 3.89. The second-order valence-electron chi connectivity index (χ2n) is 5.13. The molecule has 4 rings (SSSR count). The molecule has 0 atom stereocenters. The summed E-state index contributed by atoms with van der Waals surface area (Å²) in [7, 11) is 0. The number of hydrogen-bond donors (Lipinski definition) is 0. The number of carbonyl (C=O) groups is 1. The summed E-state index contributed by atoms with van der Waals surface area (Å²) in [5.41, 5.74) is 2.42. The molecule has 0 aliphatic heterocycles. The standard InChI is InChI=1S/C19H11BrOS2/c20-19-10-9-18(23-19)16-7-6-15(13-3-1-2-4-14(13)16)17-8-5-12(11-21)22-17/h1-11H. The summed E-state index contributed by atoms with van der Waals surface area (Å²) in [6.07, 6.45) is 0.911. The first-order chi connectivity index (χ1) is 11.3. The molecule has 0 fully saturated rings. The Morgan fingerprint density at radius 2 is 1.35 bits per heavy atom. The van der Waals surface area contributed by atoms with E-state index in [1.165, 1.54) is 38.1 Å². The number of aldehydes is 1. The zero-order chi connectivity index (χ0) is 15.8. The largest absolute Gasteiger partial charge is 0.297 e. The van der Waals surface area contributed by atoms with Crippen LogP contribution >= 0.6 is 38.6 Å². The molecule has 1 nitrogen and oxygen atoms in total. The fourth-order valence-electron chi connectivity index (χ4n) is 2.75. The minimum Gasteiger partial charge on any atom is -0.297 e. The number of thiophene rings is 2. The van der Waals surface area contributed by atoms with E-state index in [1.54, 1.807) is 11.3 Å². The van der Waals surface area contributed by atoms with E-state index in [0.717, 1.165) is 19.8 Å². The highest BCUT2D eigenvalue weighted by Gasteiger charge is 2.12. The highest BCUT2D eigenvalue weighted by atomic mass is 79.9. The normalized spacial score (nSPS) is 11.0. The maximum Gasteiger partial charge on any atom is 0.160 e. The van der Waals surface area contributed by atoms with Crippen LogP contribution in [0.2, 0.25) is 0 Å². The van der Waals surface area contributed by atoms with Gasteiger partial charge in [-0.3, -0.25) is 4.79 Å². The van der Waals surface area contributed by atoms with E-state index >= 15 is 0 Å². The van der Waals surface area contributed by atoms with Gasteiger partial charge in [-0.15, -0.1) is 22.7 Å². The number of benzene rings is 2. The number of hydrogen-bond acceptors (Lipinski definition) is 3. The molecule has 0 radical (unpaired) electrons. The summed E-state index contributed by atoms with van der Waals surface area (Å²) in [4.78, 5) is 14.1. The quantitative estimate of drug-likeness (QED) is 0.344. The van der Waals surface area contributed by atoms with E-state index in [1.807, 2.05) is 12.1 Å². The monoisotopic (exact) mass is 398 g/mol. The molecule has 2 heterocycles. The number of halogens is 1. The minimum absolute atomic E-state index is 0.760. The topological polar surface area (TPSA) is 17.1 Å². The molecule has 0 spiro atoms. The molecule has 112 valence electrons. The molecule has 0 amide bonds. The Morgan fingerprint density at radius 3 is 1.87 bits per heavy atom. The third-order valence-electron chi connectivity index (χ3n) is 3.77. The predicted molar refractivity (Wildman–Crippen MR) is 104 cm³/mol. The van der Waals surface area contributed by atoms with Gasteiger partial charge < -0.3 is 0 Å². The molecule has 0 saturated carbocycles. The maximum atomic E-state index is 11.0. The molecule has 0 unspecified atom stereocenters. The smallest absolute Gasteiger partial charge is 0.160 e. The van der Waals surface area contributed by atoms with Crippen molar-refractivity contribution in [1.82, 2.24) is 0 Å². The molecule has 23 heavy (non-hydrogen) atoms. The van der Waals surface area contributed by atoms with Gasteiger partial charge in [0.25, 0.3) is 0 Å². The summed E-state index contributed by atoms with van der Waals surface area (Å²) in [5.74, 6) is 0. The second-order valence-corrected chi connectivity index (χ2v) is 8.71. The molecule has 0 aliphatic carbocycles. The highest BCUT2D eigenvalue weighted by molar-refractivity contribution is 9.11. The Balaban J connectivity index is 1.96. The van der Waals surface area contributed by atoms with Gasteiger partial charge in [0.2, 0.25) is 0 Å². The van der Waals surface area contributed by atoms with Crippen molar-refractivity contribution in [2.75, 3.05) is 0 Å². The van der Waals surface area contributed by atoms with Crippen LogP contribution in [0.4, 0.5) is 0 Å². The van der Waals surface area contributed by atoms with Crippen LogP contribution in [0, 0.1) is 0 Å². The van der Waals surface area contributed by atoms with Crippen molar-refractivity contribution in [3.8, 4) is 20.9 Å². The van der Waals surface area contributed by atoms with Crippen LogP contribution in [-0.2, 0) is 0 Å². The molecule has 0 aliphatic rings. The van der Waals surface area contributed by atoms with Crippen molar-refractivity contribution < 1.29 is 4.79 Å². The van der Waals surface area contributed by atoms with E-state index in [0.29, 0.717) is 0 Å². The third kappa shape index (κ3) is 2.67. The summed E-state index contributed by atoms with van der Waals surface area (Å²) < 4.78 is 1.13. The fraction of sp³-hybridized carbons (Fsp3) is 0. The van der Waals surface area contributed by atoms with Crippen LogP contribution in [0.1, 0.15) is 9.67 Å². The van der Waals surface area contributed by atoms with Gasteiger partial charge in [0.15, 0.2) is 6.29 Å². The minimum atomic E-state index is 0.760. The Labute approximate surface area is 150 Å². The van der Waals surface area contributed by atoms with E-state index in [9.17, 15) is 4.79 Å². The first kappa shape index (κ1) is 14.8. The SMILES string of the molecule is O=Cc1ccc(-c2ccc(-c3ccc(Br)s3)c3ccccc23)s1. The van der Waals surface area contributed by atoms with Crippen LogP contribution in [-0.4, -0.2) is 6.29 Å². The number of fused-ring (bicyclic) bond motifs is 1. The van der Waals surface area contributed by atoms with Gasteiger partial charge in [-0.1, -0.05) is 36.4 Å². The molecule has 0 saturated heterocycles. The Bertz CT molecular complexity index is 1010. The van der Waals surface area contributed by atoms with Crippen molar-refractivity contribution in [2.45, 2.75) is 0 Å². The molecule has 2 aromatic carbocycles. The van der Waals surface area contributed by atoms with Gasteiger partial charge in [-0.05, 0) is 62.1 Å². The van der Waals surface area contributed by atoms with Crippen LogP contribution in [0.15, 0.2) is 64.5 Å². The lowest BCUT2D eigenvalue weighted by atomic mass is 9.98. The van der Waals surface area contributed by atoms with Crippen LogP contribution in [0.25, 0.3) is 31.7 Å². The van der Waals surface area contributed by atoms with E-state index in [4.69, 9.17) is 0 Å². The molecular formula is C19H11BrOS2. The lowest BCUT2D eigenvalue weighted by Crippen LogP contribution is -1.82. The van der Waals surface area contributed by atoms with Gasteiger partial charge >= 0.3 is 0 Å². The van der Waals surface area contributed by atoms with E-state index < -0.39 is 0 Å². The molecular weight excluding hydrogens is 388 g/mol. The van der Waals surface area contributed by atoms with Gasteiger partial charge in [0.05, 0.1) is 8.66 Å². The predicted octanol–water partition coefficient (Wildman–Crippen LogP) is 6.87. The van der Waals surface area contributed by atoms with Gasteiger partial charge in [-0.2, -0.15) is 0 Å². The van der Waals surface area contributed by atoms with Crippen LogP contribution in [0.3, 0.4) is 0 Å². The van der Waals surface area contributed by atoms with E-state index in [-0.39, 0.29) is 0 Å². The number of carbonyl (C=O) groups excluding carboxylic acids is 1. The molecule has 0 N–H and O–H groups in total. The van der Waals surface area contributed by atoms with Crippen molar-refractivity contribution in [3.63, 3.8) is 0 Å². The number of rotatable bonds is 3. The fourth-order valence-corrected chi connectivity index (χ4v) is 5.04. The summed E-state index contributed by atoms with van der Waals surface area (Å²) >= 11 is 6.81. The van der Waals surface area contributed by atoms with Crippen LogP contribution in [0.5, 0.6) is 0 Å². The Hall–Kier alpha value is -1.75. The second kappa shape index (κ2) is 6.04. The van der Waals surface area contributed by atoms with Gasteiger partial charge in [0.1, 0.15) is 0 Å². The van der Waals surface area contributed by atoms with Crippen molar-refractivity contribution in [2.24, 2.45) is 0 Å². The molecule has 2 aromatic heterocycles. The zero-order valence-corrected chi connectivity index (χ0v) is 15.2. The Morgan fingerprint density at radius 1 is 0.739 bits per heavy atom. The van der Waals surface area contributed by atoms with Crippen molar-refractivity contribution >= 4 is 55.7 Å². The van der Waals surface area contributed by atoms with Crippen molar-refractivity contribution in [3.05, 3.63) is 69.3 Å². The lowest BCUT2D eigenvalue weighted by molar-refractivity contribution is 0.112. The highest BCUT2D eigenvalue weighted by Crippen LogP contribution is 2.40. The van der Waals surface area contributed by atoms with Crippen molar-refractivity contribution in [1.29, 1.82) is 0 Å². The first-order valence-corrected chi connectivity index (χ1v) is 9.52. The molecule has 0 bridgehead atoms. The average molecular weight is 399 g/mol. The lowest BCUT2D eigenvalue weighted by Gasteiger charge is -2.09. The van der Waals surface area contributed by atoms with Gasteiger partial charge in [0, 0.05) is 9.75 Å². The molecule has 4 heteroatoms. The third-order valence-corrected chi connectivity index (χ3v) is 6.47. The maximum absolute atomic E-state index is 11.0. The van der Waals surface area contributed by atoms with Gasteiger partial charge in [-0.25, -0.2) is 0 Å².